The zero-order valence-electron chi connectivity index (χ0n) is 15.5. The fourth-order valence-corrected chi connectivity index (χ4v) is 2.87. The van der Waals surface area contributed by atoms with Crippen LogP contribution in [0.15, 0.2) is 0 Å². The van der Waals surface area contributed by atoms with E-state index >= 15 is 0 Å². The monoisotopic (exact) mass is 314 g/mol. The fourth-order valence-electron chi connectivity index (χ4n) is 2.87. The molecule has 0 heterocycles. The van der Waals surface area contributed by atoms with Gasteiger partial charge in [-0.05, 0) is 12.3 Å². The van der Waals surface area contributed by atoms with Gasteiger partial charge >= 0.3 is 0 Å². The largest absolute Gasteiger partial charge is 0.394 e. The van der Waals surface area contributed by atoms with E-state index < -0.39 is 0 Å². The van der Waals surface area contributed by atoms with Crippen LogP contribution in [0, 0.1) is 5.92 Å². The van der Waals surface area contributed by atoms with Crippen LogP contribution in [0.3, 0.4) is 0 Å². The molecule has 0 saturated heterocycles. The van der Waals surface area contributed by atoms with Crippen molar-refractivity contribution in [1.29, 1.82) is 0 Å². The van der Waals surface area contributed by atoms with Gasteiger partial charge in [-0.1, -0.05) is 97.3 Å². The molecular formula is C20H42O2. The molecule has 0 fully saturated rings. The van der Waals surface area contributed by atoms with Crippen molar-refractivity contribution in [1.82, 2.24) is 0 Å². The predicted octanol–water partition coefficient (Wildman–Crippen LogP) is 6.11. The van der Waals surface area contributed by atoms with Gasteiger partial charge in [0.15, 0.2) is 0 Å². The van der Waals surface area contributed by atoms with Crippen molar-refractivity contribution in [3.8, 4) is 0 Å². The van der Waals surface area contributed by atoms with Crippen molar-refractivity contribution in [2.45, 2.75) is 104 Å². The molecule has 0 spiro atoms. The first-order valence-electron chi connectivity index (χ1n) is 9.96. The second-order valence-corrected chi connectivity index (χ2v) is 7.11. The van der Waals surface area contributed by atoms with E-state index in [1.54, 1.807) is 0 Å². The van der Waals surface area contributed by atoms with Gasteiger partial charge < -0.3 is 9.84 Å². The minimum absolute atomic E-state index is 0.151. The molecule has 0 radical (unpaired) electrons. The van der Waals surface area contributed by atoms with Crippen LogP contribution in [0.25, 0.3) is 0 Å². The maximum absolute atomic E-state index is 8.58. The van der Waals surface area contributed by atoms with Crippen molar-refractivity contribution >= 4 is 0 Å². The molecule has 0 bridgehead atoms. The van der Waals surface area contributed by atoms with E-state index in [4.69, 9.17) is 9.84 Å². The minimum Gasteiger partial charge on any atom is -0.394 e. The summed E-state index contributed by atoms with van der Waals surface area (Å²) in [6, 6.07) is 0. The lowest BCUT2D eigenvalue weighted by atomic mass is 10.0. The molecule has 0 unspecified atom stereocenters. The molecule has 2 nitrogen and oxygen atoms in total. The van der Waals surface area contributed by atoms with E-state index in [2.05, 4.69) is 13.8 Å². The molecular weight excluding hydrogens is 272 g/mol. The first-order valence-corrected chi connectivity index (χ1v) is 9.96. The molecule has 134 valence electrons. The zero-order chi connectivity index (χ0) is 16.3. The van der Waals surface area contributed by atoms with Gasteiger partial charge in [0.05, 0.1) is 13.2 Å². The first kappa shape index (κ1) is 21.9. The average molecular weight is 315 g/mol. The molecule has 0 amide bonds. The Balaban J connectivity index is 2.94. The Bertz CT molecular complexity index is 192. The summed E-state index contributed by atoms with van der Waals surface area (Å²) in [5.41, 5.74) is 0. The number of rotatable bonds is 18. The summed E-state index contributed by atoms with van der Waals surface area (Å²) in [7, 11) is 0. The van der Waals surface area contributed by atoms with Crippen LogP contribution < -0.4 is 0 Å². The summed E-state index contributed by atoms with van der Waals surface area (Å²) in [5, 5.41) is 8.58. The van der Waals surface area contributed by atoms with Gasteiger partial charge in [-0.15, -0.1) is 0 Å². The van der Waals surface area contributed by atoms with Crippen molar-refractivity contribution < 1.29 is 9.84 Å². The topological polar surface area (TPSA) is 29.5 Å². The molecule has 0 aliphatic carbocycles. The van der Waals surface area contributed by atoms with Crippen molar-refractivity contribution in [2.24, 2.45) is 5.92 Å². The molecule has 0 aromatic carbocycles. The number of aliphatic hydroxyl groups is 1. The van der Waals surface area contributed by atoms with Gasteiger partial charge in [0, 0.05) is 6.61 Å². The summed E-state index contributed by atoms with van der Waals surface area (Å²) in [4.78, 5) is 0. The number of hydrogen-bond donors (Lipinski definition) is 1. The third-order valence-corrected chi connectivity index (χ3v) is 4.31. The van der Waals surface area contributed by atoms with E-state index in [9.17, 15) is 0 Å². The van der Waals surface area contributed by atoms with Crippen LogP contribution in [0.5, 0.6) is 0 Å². The highest BCUT2D eigenvalue weighted by atomic mass is 16.5. The second-order valence-electron chi connectivity index (χ2n) is 7.11. The fraction of sp³-hybridized carbons (Fsp3) is 1.00. The molecule has 0 aromatic rings. The molecule has 0 aliphatic rings. The Morgan fingerprint density at radius 2 is 1.00 bits per heavy atom. The summed E-state index contributed by atoms with van der Waals surface area (Å²) >= 11 is 0. The molecule has 0 atom stereocenters. The Morgan fingerprint density at radius 1 is 0.591 bits per heavy atom. The second kappa shape index (κ2) is 19.0. The Morgan fingerprint density at radius 3 is 1.41 bits per heavy atom. The quantitative estimate of drug-likeness (QED) is 0.309. The first-order chi connectivity index (χ1) is 10.8. The minimum atomic E-state index is 0.151. The smallest absolute Gasteiger partial charge is 0.0697 e. The van der Waals surface area contributed by atoms with Crippen LogP contribution in [0.1, 0.15) is 104 Å². The number of unbranched alkanes of at least 4 members (excludes halogenated alkanes) is 12. The van der Waals surface area contributed by atoms with E-state index in [1.807, 2.05) is 0 Å². The van der Waals surface area contributed by atoms with E-state index in [1.165, 1.54) is 83.5 Å². The molecule has 22 heavy (non-hydrogen) atoms. The molecule has 0 saturated carbocycles. The SMILES string of the molecule is CC(C)CCCCCCCCCCCCCCCOCCO. The summed E-state index contributed by atoms with van der Waals surface area (Å²) in [5.74, 6) is 0.882. The van der Waals surface area contributed by atoms with Crippen LogP contribution in [0.4, 0.5) is 0 Å². The van der Waals surface area contributed by atoms with Crippen molar-refractivity contribution in [3.05, 3.63) is 0 Å². The van der Waals surface area contributed by atoms with Gasteiger partial charge in [0.2, 0.25) is 0 Å². The highest BCUT2D eigenvalue weighted by Crippen LogP contribution is 2.14. The summed E-state index contributed by atoms with van der Waals surface area (Å²) in [6.07, 6.45) is 19.5. The van der Waals surface area contributed by atoms with Crippen LogP contribution in [-0.2, 0) is 4.74 Å². The van der Waals surface area contributed by atoms with E-state index in [-0.39, 0.29) is 6.61 Å². The molecule has 1 N–H and O–H groups in total. The van der Waals surface area contributed by atoms with Crippen LogP contribution in [-0.4, -0.2) is 24.9 Å². The zero-order valence-corrected chi connectivity index (χ0v) is 15.5. The van der Waals surface area contributed by atoms with E-state index in [0.29, 0.717) is 6.61 Å². The highest BCUT2D eigenvalue weighted by molar-refractivity contribution is 4.50. The third-order valence-electron chi connectivity index (χ3n) is 4.31. The average Bonchev–Trinajstić information content (AvgIpc) is 2.50. The normalized spacial score (nSPS) is 11.5. The Hall–Kier alpha value is -0.0800. The molecule has 0 aliphatic heterocycles. The summed E-state index contributed by atoms with van der Waals surface area (Å²) < 4.78 is 5.25. The van der Waals surface area contributed by atoms with Gasteiger partial charge in [-0.25, -0.2) is 0 Å². The lowest BCUT2D eigenvalue weighted by molar-refractivity contribution is 0.0895. The lowest BCUT2D eigenvalue weighted by Crippen LogP contribution is -2.00. The van der Waals surface area contributed by atoms with Gasteiger partial charge in [0.25, 0.3) is 0 Å². The maximum atomic E-state index is 8.58. The van der Waals surface area contributed by atoms with Crippen molar-refractivity contribution in [3.63, 3.8) is 0 Å². The van der Waals surface area contributed by atoms with Crippen LogP contribution >= 0.6 is 0 Å². The predicted molar refractivity (Wildman–Crippen MR) is 97.4 cm³/mol. The van der Waals surface area contributed by atoms with Gasteiger partial charge in [-0.3, -0.25) is 0 Å². The van der Waals surface area contributed by atoms with Crippen molar-refractivity contribution in [2.75, 3.05) is 19.8 Å². The number of aliphatic hydroxyl groups excluding tert-OH is 1. The standard InChI is InChI=1S/C20H42O2/c1-20(2)16-14-12-10-8-6-4-3-5-7-9-11-13-15-18-22-19-17-21/h20-21H,3-19H2,1-2H3. The van der Waals surface area contributed by atoms with Gasteiger partial charge in [-0.2, -0.15) is 0 Å². The maximum Gasteiger partial charge on any atom is 0.0697 e. The Kier molecular flexibility index (Phi) is 18.9. The van der Waals surface area contributed by atoms with Gasteiger partial charge in [0.1, 0.15) is 0 Å². The lowest BCUT2D eigenvalue weighted by Gasteiger charge is -2.05. The summed E-state index contributed by atoms with van der Waals surface area (Å²) in [6.45, 7) is 6.11. The number of ether oxygens (including phenoxy) is 1. The molecule has 2 heteroatoms. The molecule has 0 aromatic heterocycles. The van der Waals surface area contributed by atoms with Crippen LogP contribution in [0.2, 0.25) is 0 Å². The third kappa shape index (κ3) is 19.9. The number of hydrogen-bond acceptors (Lipinski definition) is 2. The van der Waals surface area contributed by atoms with E-state index in [0.717, 1.165) is 18.9 Å². The molecule has 0 rings (SSSR count). The highest BCUT2D eigenvalue weighted by Gasteiger charge is 1.96. The Labute approximate surface area is 140 Å².